The molecule has 0 atom stereocenters. The summed E-state index contributed by atoms with van der Waals surface area (Å²) >= 11 is 0. The van der Waals surface area contributed by atoms with Gasteiger partial charge in [-0.05, 0) is 0 Å². The zero-order valence-corrected chi connectivity index (χ0v) is 5.31. The topological polar surface area (TPSA) is 20.2 Å². The number of rotatable bonds is 2. The van der Waals surface area contributed by atoms with Crippen molar-refractivity contribution in [3.63, 3.8) is 0 Å². The molecule has 0 saturated carbocycles. The summed E-state index contributed by atoms with van der Waals surface area (Å²) in [7, 11) is 6.16. The summed E-state index contributed by atoms with van der Waals surface area (Å²) < 4.78 is 0.844. The van der Waals surface area contributed by atoms with Gasteiger partial charge in [0.15, 0.2) is 0 Å². The van der Waals surface area contributed by atoms with Crippen molar-refractivity contribution in [1.29, 1.82) is 0 Å². The van der Waals surface area contributed by atoms with Crippen LogP contribution >= 0.6 is 0 Å². The maximum Gasteiger partial charge on any atom is 0.101 e. The first-order chi connectivity index (χ1) is 3.06. The number of nitrogens with zero attached hydrogens (tertiary/aromatic N) is 1. The third-order valence-electron chi connectivity index (χ3n) is 0.771. The lowest BCUT2D eigenvalue weighted by Crippen LogP contribution is -2.36. The van der Waals surface area contributed by atoms with Crippen LogP contribution in [0.1, 0.15) is 0 Å². The van der Waals surface area contributed by atoms with Gasteiger partial charge in [0.2, 0.25) is 0 Å². The molecule has 0 amide bonds. The molecule has 0 aromatic heterocycles. The van der Waals surface area contributed by atoms with Gasteiger partial charge in [-0.15, -0.1) is 0 Å². The van der Waals surface area contributed by atoms with Crippen molar-refractivity contribution in [2.45, 2.75) is 0 Å². The van der Waals surface area contributed by atoms with Crippen molar-refractivity contribution < 1.29 is 9.59 Å². The van der Waals surface area contributed by atoms with E-state index in [2.05, 4.69) is 21.1 Å². The van der Waals surface area contributed by atoms with E-state index < -0.39 is 0 Å². The van der Waals surface area contributed by atoms with Crippen LogP contribution in [-0.4, -0.2) is 43.9 Å². The van der Waals surface area contributed by atoms with Crippen molar-refractivity contribution in [3.8, 4) is 0 Å². The van der Waals surface area contributed by atoms with Crippen molar-refractivity contribution in [2.75, 3.05) is 34.3 Å². The molecule has 0 aliphatic rings. The Labute approximate surface area is 45.0 Å². The van der Waals surface area contributed by atoms with Gasteiger partial charge in [-0.3, -0.25) is 0 Å². The second-order valence-corrected chi connectivity index (χ2v) is 2.74. The van der Waals surface area contributed by atoms with Crippen LogP contribution in [0.2, 0.25) is 0 Å². The van der Waals surface area contributed by atoms with Crippen LogP contribution in [0, 0.1) is 0 Å². The Morgan fingerprint density at radius 2 is 1.71 bits per heavy atom. The molecule has 0 radical (unpaired) electrons. The van der Waals surface area contributed by atoms with E-state index in [1.54, 1.807) is 0 Å². The maximum atomic E-state index is 8.39. The van der Waals surface area contributed by atoms with E-state index in [9.17, 15) is 0 Å². The first-order valence-corrected chi connectivity index (χ1v) is 2.47. The van der Waals surface area contributed by atoms with E-state index in [-0.39, 0.29) is 6.61 Å². The summed E-state index contributed by atoms with van der Waals surface area (Å²) in [5.41, 5.74) is 0. The van der Waals surface area contributed by atoms with Crippen LogP contribution < -0.4 is 0 Å². The zero-order valence-electron chi connectivity index (χ0n) is 5.31. The van der Waals surface area contributed by atoms with Gasteiger partial charge in [-0.25, -0.2) is 0 Å². The van der Waals surface area contributed by atoms with Crippen molar-refractivity contribution in [2.24, 2.45) is 0 Å². The summed E-state index contributed by atoms with van der Waals surface area (Å²) in [5.74, 6) is 0. The predicted molar refractivity (Wildman–Crippen MR) is 30.0 cm³/mol. The van der Waals surface area contributed by atoms with Crippen molar-refractivity contribution in [1.82, 2.24) is 0 Å². The standard InChI is InChI=1S/C5H14NO/c1-6(2,3)4-5-7/h7H,4-5H2,1-3H3/q+1/i1-1,2-1,3-1,4-1,5-1. The second kappa shape index (κ2) is 2.28. The van der Waals surface area contributed by atoms with Gasteiger partial charge in [0, 0.05) is 0 Å². The molecular formula is C5H14NO+. The van der Waals surface area contributed by atoms with Gasteiger partial charge in [0.05, 0.1) is 27.7 Å². The fourth-order valence-corrected chi connectivity index (χ4v) is 0.300. The molecule has 0 heterocycles. The van der Waals surface area contributed by atoms with Crippen LogP contribution in [0.25, 0.3) is 0 Å². The van der Waals surface area contributed by atoms with E-state index in [0.717, 1.165) is 11.0 Å². The molecule has 0 unspecified atom stereocenters. The monoisotopic (exact) mass is 99.2 g/mol. The molecule has 0 spiro atoms. The fraction of sp³-hybridized carbons (Fsp3) is 1.00. The highest BCUT2D eigenvalue weighted by Crippen LogP contribution is 1.84. The Hall–Kier alpha value is -0.0800. The normalized spacial score (nSPS) is 12.0. The highest BCUT2D eigenvalue weighted by atomic mass is 16.2. The number of likely N-dealkylation sites (N-methyl/N-ethyl adjacent to an activating group) is 1. The minimum Gasteiger partial charge on any atom is -0.391 e. The predicted octanol–water partition coefficient (Wildman–Crippen LogP) is -0.315. The zero-order chi connectivity index (χ0) is 5.91. The Morgan fingerprint density at radius 1 is 1.29 bits per heavy atom. The SMILES string of the molecule is [11CH3][N+]([11CH3])([11CH3])[11CH2][11CH2]O. The van der Waals surface area contributed by atoms with Crippen LogP contribution in [0.5, 0.6) is 0 Å². The number of aliphatic hydroxyl groups excluding tert-OH is 1. The number of hydrogen-bond donors (Lipinski definition) is 1. The van der Waals surface area contributed by atoms with Gasteiger partial charge in [-0.2, -0.15) is 0 Å². The van der Waals surface area contributed by atoms with E-state index in [1.165, 1.54) is 0 Å². The Bertz CT molecular complexity index is 46.5. The molecule has 2 heteroatoms. The van der Waals surface area contributed by atoms with Crippen molar-refractivity contribution in [3.05, 3.63) is 0 Å². The summed E-state index contributed by atoms with van der Waals surface area (Å²) in [6.45, 7) is 1.11. The summed E-state index contributed by atoms with van der Waals surface area (Å²) in [4.78, 5) is 0. The van der Waals surface area contributed by atoms with E-state index in [0.29, 0.717) is 0 Å². The highest BCUT2D eigenvalue weighted by molar-refractivity contribution is 4.19. The number of aliphatic hydroxyl groups is 1. The smallest absolute Gasteiger partial charge is 0.101 e. The molecule has 0 aromatic rings. The molecule has 0 rings (SSSR count). The molecular weight excluding hydrogens is 85.1 g/mol. The van der Waals surface area contributed by atoms with Gasteiger partial charge < -0.3 is 9.59 Å². The Morgan fingerprint density at radius 3 is 1.71 bits per heavy atom. The Balaban J connectivity index is 3.15. The van der Waals surface area contributed by atoms with Gasteiger partial charge in [-0.1, -0.05) is 0 Å². The number of quaternary nitrogens is 1. The molecule has 0 aliphatic carbocycles. The molecule has 44 valence electrons. The quantitative estimate of drug-likeness (QED) is 0.471. The summed E-state index contributed by atoms with van der Waals surface area (Å²) in [6, 6.07) is 0. The average molecular weight is 99.2 g/mol. The molecule has 1 N–H and O–H groups in total. The molecule has 0 fully saturated rings. The molecule has 0 aliphatic heterocycles. The second-order valence-electron chi connectivity index (χ2n) is 2.74. The lowest BCUT2D eigenvalue weighted by atomic mass is 9.68. The highest BCUT2D eigenvalue weighted by Gasteiger charge is 2.02. The minimum atomic E-state index is 0.281. The third-order valence-corrected chi connectivity index (χ3v) is 0.771. The van der Waals surface area contributed by atoms with Gasteiger partial charge in [0.25, 0.3) is 0 Å². The lowest BCUT2D eigenvalue weighted by Gasteiger charge is -2.21. The molecule has 0 bridgehead atoms. The van der Waals surface area contributed by atoms with Gasteiger partial charge in [0.1, 0.15) is 6.54 Å². The fourth-order valence-electron chi connectivity index (χ4n) is 0.300. The van der Waals surface area contributed by atoms with Crippen LogP contribution in [0.3, 0.4) is 0 Å². The largest absolute Gasteiger partial charge is 0.391 e. The van der Waals surface area contributed by atoms with Crippen molar-refractivity contribution >= 4 is 0 Å². The first kappa shape index (κ1) is 6.92. The molecule has 0 aromatic carbocycles. The Kier molecular flexibility index (Phi) is 2.26. The molecule has 7 heavy (non-hydrogen) atoms. The summed E-state index contributed by atoms with van der Waals surface area (Å²) in [6.07, 6.45) is 0. The summed E-state index contributed by atoms with van der Waals surface area (Å²) in [5, 5.41) is 8.39. The molecule has 0 saturated heterocycles. The van der Waals surface area contributed by atoms with E-state index >= 15 is 0 Å². The van der Waals surface area contributed by atoms with Crippen LogP contribution in [0.15, 0.2) is 0 Å². The van der Waals surface area contributed by atoms with Gasteiger partial charge >= 0.3 is 0 Å². The molecule has 2 nitrogen and oxygen atoms in total. The van der Waals surface area contributed by atoms with E-state index in [4.69, 9.17) is 5.11 Å². The first-order valence-electron chi connectivity index (χ1n) is 2.47. The van der Waals surface area contributed by atoms with Crippen LogP contribution in [-0.2, 0) is 0 Å². The number of hydrogen-bond acceptors (Lipinski definition) is 1. The maximum absolute atomic E-state index is 8.39. The lowest BCUT2D eigenvalue weighted by molar-refractivity contribution is -0.870. The van der Waals surface area contributed by atoms with Crippen LogP contribution in [0.4, 0.5) is 0 Å². The average Bonchev–Trinajstić information content (AvgIpc) is 1.30. The minimum absolute atomic E-state index is 0.281. The third kappa shape index (κ3) is 5.92. The van der Waals surface area contributed by atoms with E-state index in [1.807, 2.05) is 0 Å².